The van der Waals surface area contributed by atoms with E-state index >= 15 is 0 Å². The molecule has 1 aromatic carbocycles. The minimum atomic E-state index is -1.01. The van der Waals surface area contributed by atoms with E-state index < -0.39 is 17.2 Å². The number of carbonyl (C=O) groups excluding carboxylic acids is 1. The van der Waals surface area contributed by atoms with Gasteiger partial charge in [0.2, 0.25) is 11.8 Å². The van der Waals surface area contributed by atoms with Gasteiger partial charge in [0.1, 0.15) is 5.75 Å². The molecule has 0 bridgehead atoms. The molecule has 0 aliphatic heterocycles. The van der Waals surface area contributed by atoms with E-state index in [-0.39, 0.29) is 24.1 Å². The lowest BCUT2D eigenvalue weighted by Crippen LogP contribution is -2.58. The molecule has 1 aliphatic rings. The number of hydrogen-bond donors (Lipinski definition) is 2. The molecule has 1 saturated carbocycles. The summed E-state index contributed by atoms with van der Waals surface area (Å²) < 4.78 is 31.7. The zero-order chi connectivity index (χ0) is 17.2. The Hall–Kier alpha value is -2.54. The second-order valence-corrected chi connectivity index (χ2v) is 5.84. The Bertz CT molecular complexity index is 763. The molecule has 2 aromatic rings. The minimum Gasteiger partial charge on any atom is -0.439 e. The van der Waals surface area contributed by atoms with E-state index in [4.69, 9.17) is 10.5 Å². The van der Waals surface area contributed by atoms with E-state index in [9.17, 15) is 13.6 Å². The van der Waals surface area contributed by atoms with Gasteiger partial charge in [-0.15, -0.1) is 0 Å². The fraction of sp³-hybridized carbons (Fsp3) is 0.294. The molecule has 1 heterocycles. The summed E-state index contributed by atoms with van der Waals surface area (Å²) in [6.07, 6.45) is 3.80. The number of rotatable bonds is 5. The van der Waals surface area contributed by atoms with Crippen molar-refractivity contribution in [1.29, 1.82) is 0 Å². The van der Waals surface area contributed by atoms with Crippen LogP contribution >= 0.6 is 0 Å². The molecule has 0 radical (unpaired) electrons. The lowest BCUT2D eigenvalue weighted by molar-refractivity contribution is -0.129. The number of aromatic nitrogens is 1. The van der Waals surface area contributed by atoms with Crippen LogP contribution in [0.25, 0.3) is 0 Å². The maximum atomic E-state index is 13.3. The number of hydrogen-bond acceptors (Lipinski definition) is 4. The topological polar surface area (TPSA) is 77.2 Å². The number of amides is 1. The fourth-order valence-corrected chi connectivity index (χ4v) is 2.44. The average molecular weight is 333 g/mol. The predicted molar refractivity (Wildman–Crippen MR) is 83.3 cm³/mol. The van der Waals surface area contributed by atoms with Crippen molar-refractivity contribution >= 4 is 5.91 Å². The maximum Gasteiger partial charge on any atom is 0.240 e. The number of benzene rings is 1. The van der Waals surface area contributed by atoms with E-state index in [2.05, 4.69) is 10.3 Å². The number of ether oxygens (including phenoxy) is 1. The van der Waals surface area contributed by atoms with E-state index in [1.807, 2.05) is 0 Å². The van der Waals surface area contributed by atoms with Crippen LogP contribution < -0.4 is 15.8 Å². The Kier molecular flexibility index (Phi) is 4.44. The number of pyridine rings is 1. The molecule has 0 unspecified atom stereocenters. The van der Waals surface area contributed by atoms with Crippen molar-refractivity contribution in [2.45, 2.75) is 31.3 Å². The highest BCUT2D eigenvalue weighted by molar-refractivity contribution is 5.87. The van der Waals surface area contributed by atoms with Crippen LogP contribution in [0.3, 0.4) is 0 Å². The van der Waals surface area contributed by atoms with Gasteiger partial charge in [0.25, 0.3) is 0 Å². The molecular formula is C17H17F2N3O2. The third kappa shape index (κ3) is 3.35. The van der Waals surface area contributed by atoms with Crippen molar-refractivity contribution in [1.82, 2.24) is 10.3 Å². The van der Waals surface area contributed by atoms with Crippen LogP contribution in [0, 0.1) is 11.6 Å². The molecule has 24 heavy (non-hydrogen) atoms. The molecule has 5 nitrogen and oxygen atoms in total. The third-order valence-corrected chi connectivity index (χ3v) is 4.09. The van der Waals surface area contributed by atoms with Crippen LogP contribution in [0.15, 0.2) is 36.5 Å². The fourth-order valence-electron chi connectivity index (χ4n) is 2.44. The van der Waals surface area contributed by atoms with Crippen LogP contribution in [0.1, 0.15) is 24.8 Å². The first kappa shape index (κ1) is 16.3. The molecule has 126 valence electrons. The molecule has 0 spiro atoms. The Morgan fingerprint density at radius 3 is 2.75 bits per heavy atom. The van der Waals surface area contributed by atoms with Crippen molar-refractivity contribution in [2.24, 2.45) is 5.73 Å². The van der Waals surface area contributed by atoms with Gasteiger partial charge in [0.05, 0.1) is 5.54 Å². The molecule has 1 aliphatic carbocycles. The Morgan fingerprint density at radius 2 is 2.08 bits per heavy atom. The van der Waals surface area contributed by atoms with Crippen LogP contribution in [0.2, 0.25) is 0 Å². The molecule has 1 fully saturated rings. The van der Waals surface area contributed by atoms with Crippen LogP contribution in [-0.4, -0.2) is 16.4 Å². The summed E-state index contributed by atoms with van der Waals surface area (Å²) in [5.41, 5.74) is 5.79. The monoisotopic (exact) mass is 333 g/mol. The van der Waals surface area contributed by atoms with Gasteiger partial charge in [-0.3, -0.25) is 4.79 Å². The summed E-state index contributed by atoms with van der Waals surface area (Å²) in [5, 5.41) is 2.77. The highest BCUT2D eigenvalue weighted by atomic mass is 19.2. The number of carbonyl (C=O) groups is 1. The van der Waals surface area contributed by atoms with Gasteiger partial charge < -0.3 is 15.8 Å². The van der Waals surface area contributed by atoms with Gasteiger partial charge in [0, 0.05) is 24.4 Å². The van der Waals surface area contributed by atoms with Crippen LogP contribution in [0.4, 0.5) is 8.78 Å². The standard InChI is InChI=1S/C17H17F2N3O2/c18-13-5-4-12(9-14(13)19)24-15-11(3-1-8-21-15)10-22-16(23)17(20)6-2-7-17/h1,3-5,8-9H,2,6-7,10,20H2,(H,22,23). The Labute approximate surface area is 137 Å². The molecule has 3 N–H and O–H groups in total. The molecule has 1 aromatic heterocycles. The molecule has 0 saturated heterocycles. The van der Waals surface area contributed by atoms with Gasteiger partial charge in [-0.05, 0) is 37.5 Å². The first-order valence-corrected chi connectivity index (χ1v) is 7.62. The first-order valence-electron chi connectivity index (χ1n) is 7.62. The number of nitrogens with one attached hydrogen (secondary N) is 1. The third-order valence-electron chi connectivity index (χ3n) is 4.09. The van der Waals surface area contributed by atoms with Crippen LogP contribution in [-0.2, 0) is 11.3 Å². The molecular weight excluding hydrogens is 316 g/mol. The normalized spacial score (nSPS) is 15.5. The summed E-state index contributed by atoms with van der Waals surface area (Å²) in [5.74, 6) is -1.84. The zero-order valence-electron chi connectivity index (χ0n) is 12.9. The van der Waals surface area contributed by atoms with Gasteiger partial charge in [-0.2, -0.15) is 0 Å². The number of halogens is 2. The predicted octanol–water partition coefficient (Wildman–Crippen LogP) is 2.65. The average Bonchev–Trinajstić information content (AvgIpc) is 2.55. The number of nitrogens with zero attached hydrogens (tertiary/aromatic N) is 1. The SMILES string of the molecule is NC1(C(=O)NCc2cccnc2Oc2ccc(F)c(F)c2)CCC1. The molecule has 1 amide bonds. The van der Waals surface area contributed by atoms with Crippen LogP contribution in [0.5, 0.6) is 11.6 Å². The molecule has 3 rings (SSSR count). The van der Waals surface area contributed by atoms with Crippen molar-refractivity contribution in [3.05, 3.63) is 53.7 Å². The number of nitrogens with two attached hydrogens (primary N) is 1. The highest BCUT2D eigenvalue weighted by Crippen LogP contribution is 2.29. The minimum absolute atomic E-state index is 0.120. The van der Waals surface area contributed by atoms with Gasteiger partial charge in [-0.25, -0.2) is 13.8 Å². The Morgan fingerprint density at radius 1 is 1.29 bits per heavy atom. The summed E-state index contributed by atoms with van der Waals surface area (Å²) >= 11 is 0. The van der Waals surface area contributed by atoms with Crippen molar-refractivity contribution in [3.63, 3.8) is 0 Å². The first-order chi connectivity index (χ1) is 11.5. The van der Waals surface area contributed by atoms with E-state index in [1.54, 1.807) is 12.1 Å². The van der Waals surface area contributed by atoms with Crippen molar-refractivity contribution in [3.8, 4) is 11.6 Å². The summed E-state index contributed by atoms with van der Waals surface area (Å²) in [6.45, 7) is 0.185. The largest absolute Gasteiger partial charge is 0.439 e. The molecule has 0 atom stereocenters. The van der Waals surface area contributed by atoms with Gasteiger partial charge >= 0.3 is 0 Å². The van der Waals surface area contributed by atoms with Gasteiger partial charge in [0.15, 0.2) is 11.6 Å². The summed E-state index contributed by atoms with van der Waals surface area (Å²) in [6, 6.07) is 6.64. The van der Waals surface area contributed by atoms with Gasteiger partial charge in [-0.1, -0.05) is 6.07 Å². The lowest BCUT2D eigenvalue weighted by atomic mass is 9.77. The molecule has 7 heteroatoms. The summed E-state index contributed by atoms with van der Waals surface area (Å²) in [7, 11) is 0. The lowest BCUT2D eigenvalue weighted by Gasteiger charge is -2.36. The van der Waals surface area contributed by atoms with Crippen molar-refractivity contribution < 1.29 is 18.3 Å². The van der Waals surface area contributed by atoms with E-state index in [0.717, 1.165) is 18.6 Å². The summed E-state index contributed by atoms with van der Waals surface area (Å²) in [4.78, 5) is 16.2. The second kappa shape index (κ2) is 6.52. The van der Waals surface area contributed by atoms with E-state index in [0.29, 0.717) is 18.4 Å². The maximum absolute atomic E-state index is 13.3. The Balaban J connectivity index is 1.70. The zero-order valence-corrected chi connectivity index (χ0v) is 12.9. The van der Waals surface area contributed by atoms with Crippen molar-refractivity contribution in [2.75, 3.05) is 0 Å². The second-order valence-electron chi connectivity index (χ2n) is 5.84. The van der Waals surface area contributed by atoms with E-state index in [1.165, 1.54) is 12.3 Å². The quantitative estimate of drug-likeness (QED) is 0.882. The highest BCUT2D eigenvalue weighted by Gasteiger charge is 2.39. The smallest absolute Gasteiger partial charge is 0.240 e.